The zero-order chi connectivity index (χ0) is 18.7. The molecular formula is C20H26ClN3O2. The molecule has 1 fully saturated rings. The minimum Gasteiger partial charge on any atom is -0.351 e. The van der Waals surface area contributed by atoms with Gasteiger partial charge in [-0.1, -0.05) is 50.4 Å². The summed E-state index contributed by atoms with van der Waals surface area (Å²) in [5.41, 5.74) is 1.75. The second-order valence-corrected chi connectivity index (χ2v) is 7.88. The lowest BCUT2D eigenvalue weighted by atomic mass is 9.78. The minimum absolute atomic E-state index is 0.0203. The first-order chi connectivity index (χ1) is 12.4. The smallest absolute Gasteiger partial charge is 0.243 e. The van der Waals surface area contributed by atoms with Crippen molar-refractivity contribution in [1.29, 1.82) is 0 Å². The second kappa shape index (κ2) is 8.21. The summed E-state index contributed by atoms with van der Waals surface area (Å²) >= 11 is 5.93. The SMILES string of the molecule is C[C@@H]1[C@H](C)CCC[C@H]1NC(=O)CN1N=C(c2ccc(Cl)cc2)CCC1=O. The van der Waals surface area contributed by atoms with E-state index in [9.17, 15) is 9.59 Å². The molecule has 1 aromatic carbocycles. The predicted octanol–water partition coefficient (Wildman–Crippen LogP) is 3.61. The summed E-state index contributed by atoms with van der Waals surface area (Å²) in [6.45, 7) is 4.41. The van der Waals surface area contributed by atoms with Crippen molar-refractivity contribution in [1.82, 2.24) is 10.3 Å². The monoisotopic (exact) mass is 375 g/mol. The molecule has 26 heavy (non-hydrogen) atoms. The normalized spacial score (nSPS) is 26.4. The van der Waals surface area contributed by atoms with Crippen LogP contribution >= 0.6 is 11.6 Å². The number of halogens is 1. The first kappa shape index (κ1) is 18.9. The van der Waals surface area contributed by atoms with E-state index in [0.29, 0.717) is 29.7 Å². The largest absolute Gasteiger partial charge is 0.351 e. The zero-order valence-electron chi connectivity index (χ0n) is 15.4. The van der Waals surface area contributed by atoms with E-state index in [0.717, 1.165) is 24.1 Å². The molecule has 140 valence electrons. The molecule has 6 heteroatoms. The van der Waals surface area contributed by atoms with E-state index in [1.165, 1.54) is 11.4 Å². The Morgan fingerprint density at radius 3 is 2.69 bits per heavy atom. The van der Waals surface area contributed by atoms with Gasteiger partial charge >= 0.3 is 0 Å². The van der Waals surface area contributed by atoms with Crippen molar-refractivity contribution in [2.24, 2.45) is 16.9 Å². The molecule has 1 saturated carbocycles. The van der Waals surface area contributed by atoms with E-state index in [2.05, 4.69) is 24.3 Å². The van der Waals surface area contributed by atoms with E-state index >= 15 is 0 Å². The van der Waals surface area contributed by atoms with Gasteiger partial charge in [0.1, 0.15) is 6.54 Å². The molecule has 1 aliphatic carbocycles. The van der Waals surface area contributed by atoms with Crippen LogP contribution < -0.4 is 5.32 Å². The number of nitrogens with zero attached hydrogens (tertiary/aromatic N) is 2. The topological polar surface area (TPSA) is 61.8 Å². The fourth-order valence-corrected chi connectivity index (χ4v) is 3.87. The van der Waals surface area contributed by atoms with Gasteiger partial charge in [-0.2, -0.15) is 5.10 Å². The quantitative estimate of drug-likeness (QED) is 0.873. The van der Waals surface area contributed by atoms with Crippen LogP contribution in [0, 0.1) is 11.8 Å². The summed E-state index contributed by atoms with van der Waals surface area (Å²) in [6.07, 6.45) is 4.30. The molecule has 3 atom stereocenters. The molecule has 2 aliphatic rings. The first-order valence-electron chi connectivity index (χ1n) is 9.37. The van der Waals surface area contributed by atoms with Crippen molar-refractivity contribution >= 4 is 29.1 Å². The highest BCUT2D eigenvalue weighted by molar-refractivity contribution is 6.30. The Bertz CT molecular complexity index is 702. The maximum absolute atomic E-state index is 12.5. The Kier molecular flexibility index (Phi) is 5.97. The van der Waals surface area contributed by atoms with Gasteiger partial charge in [0.2, 0.25) is 11.8 Å². The lowest BCUT2D eigenvalue weighted by Gasteiger charge is -2.35. The van der Waals surface area contributed by atoms with Gasteiger partial charge in [-0.05, 0) is 36.0 Å². The molecule has 2 amide bonds. The number of carbonyl (C=O) groups is 2. The summed E-state index contributed by atoms with van der Waals surface area (Å²) in [7, 11) is 0. The summed E-state index contributed by atoms with van der Waals surface area (Å²) in [5, 5.41) is 9.50. The van der Waals surface area contributed by atoms with Crippen molar-refractivity contribution in [2.45, 2.75) is 52.0 Å². The molecule has 0 spiro atoms. The highest BCUT2D eigenvalue weighted by Crippen LogP contribution is 2.29. The standard InChI is InChI=1S/C20H26ClN3O2/c1-13-4-3-5-17(14(13)2)22-19(25)12-24-20(26)11-10-18(23-24)15-6-8-16(21)9-7-15/h6-9,13-14,17H,3-5,10-12H2,1-2H3,(H,22,25)/t13-,14-,17-/m1/s1. The van der Waals surface area contributed by atoms with Crippen LogP contribution in [0.5, 0.6) is 0 Å². The van der Waals surface area contributed by atoms with E-state index in [-0.39, 0.29) is 24.4 Å². The molecule has 5 nitrogen and oxygen atoms in total. The van der Waals surface area contributed by atoms with Crippen molar-refractivity contribution in [2.75, 3.05) is 6.54 Å². The summed E-state index contributed by atoms with van der Waals surface area (Å²) in [6, 6.07) is 7.57. The van der Waals surface area contributed by atoms with Crippen LogP contribution in [0.1, 0.15) is 51.5 Å². The first-order valence-corrected chi connectivity index (χ1v) is 9.75. The average molecular weight is 376 g/mol. The fraction of sp³-hybridized carbons (Fsp3) is 0.550. The van der Waals surface area contributed by atoms with Crippen molar-refractivity contribution in [3.05, 3.63) is 34.9 Å². The number of benzene rings is 1. The molecule has 0 saturated heterocycles. The molecule has 0 bridgehead atoms. The number of hydrogen-bond donors (Lipinski definition) is 1. The third-order valence-electron chi connectivity index (χ3n) is 5.63. The van der Waals surface area contributed by atoms with Crippen molar-refractivity contribution in [3.63, 3.8) is 0 Å². The molecule has 3 rings (SSSR count). The molecule has 0 unspecified atom stereocenters. The van der Waals surface area contributed by atoms with Crippen LogP contribution in [0.3, 0.4) is 0 Å². The Balaban J connectivity index is 1.65. The maximum atomic E-state index is 12.5. The third-order valence-corrected chi connectivity index (χ3v) is 5.88. The van der Waals surface area contributed by atoms with E-state index in [1.807, 2.05) is 12.1 Å². The second-order valence-electron chi connectivity index (χ2n) is 7.45. The van der Waals surface area contributed by atoms with Crippen LogP contribution in [0.2, 0.25) is 5.02 Å². The van der Waals surface area contributed by atoms with Gasteiger partial charge in [0, 0.05) is 23.9 Å². The Morgan fingerprint density at radius 2 is 1.96 bits per heavy atom. The van der Waals surface area contributed by atoms with E-state index in [1.54, 1.807) is 12.1 Å². The molecule has 0 aromatic heterocycles. The van der Waals surface area contributed by atoms with Crippen LogP contribution in [0.15, 0.2) is 29.4 Å². The summed E-state index contributed by atoms with van der Waals surface area (Å²) in [5.74, 6) is 0.825. The van der Waals surface area contributed by atoms with Crippen LogP contribution in [-0.4, -0.2) is 35.1 Å². The van der Waals surface area contributed by atoms with Gasteiger partial charge in [-0.3, -0.25) is 9.59 Å². The highest BCUT2D eigenvalue weighted by atomic mass is 35.5. The number of amides is 2. The summed E-state index contributed by atoms with van der Waals surface area (Å²) < 4.78 is 0. The number of carbonyl (C=O) groups excluding carboxylic acids is 2. The number of hydrazone groups is 1. The highest BCUT2D eigenvalue weighted by Gasteiger charge is 2.29. The lowest BCUT2D eigenvalue weighted by molar-refractivity contribution is -0.137. The predicted molar refractivity (Wildman–Crippen MR) is 103 cm³/mol. The summed E-state index contributed by atoms with van der Waals surface area (Å²) in [4.78, 5) is 24.7. The minimum atomic E-state index is -0.134. The van der Waals surface area contributed by atoms with Gasteiger partial charge in [0.25, 0.3) is 0 Å². The van der Waals surface area contributed by atoms with Crippen LogP contribution in [-0.2, 0) is 9.59 Å². The van der Waals surface area contributed by atoms with Gasteiger partial charge in [0.15, 0.2) is 0 Å². The molecule has 1 aromatic rings. The number of hydrogen-bond acceptors (Lipinski definition) is 3. The molecule has 1 N–H and O–H groups in total. The van der Waals surface area contributed by atoms with Gasteiger partial charge in [-0.15, -0.1) is 0 Å². The number of nitrogens with one attached hydrogen (secondary N) is 1. The Hall–Kier alpha value is -1.88. The van der Waals surface area contributed by atoms with Crippen LogP contribution in [0.25, 0.3) is 0 Å². The van der Waals surface area contributed by atoms with E-state index in [4.69, 9.17) is 11.6 Å². The average Bonchev–Trinajstić information content (AvgIpc) is 2.62. The van der Waals surface area contributed by atoms with E-state index < -0.39 is 0 Å². The maximum Gasteiger partial charge on any atom is 0.243 e. The fourth-order valence-electron chi connectivity index (χ4n) is 3.75. The zero-order valence-corrected chi connectivity index (χ0v) is 16.1. The van der Waals surface area contributed by atoms with Crippen molar-refractivity contribution < 1.29 is 9.59 Å². The number of rotatable bonds is 4. The molecule has 1 heterocycles. The Morgan fingerprint density at radius 1 is 1.23 bits per heavy atom. The molecule has 1 aliphatic heterocycles. The third kappa shape index (κ3) is 4.44. The molecule has 0 radical (unpaired) electrons. The van der Waals surface area contributed by atoms with Crippen molar-refractivity contribution in [3.8, 4) is 0 Å². The van der Waals surface area contributed by atoms with Gasteiger partial charge < -0.3 is 5.32 Å². The van der Waals surface area contributed by atoms with Crippen LogP contribution in [0.4, 0.5) is 0 Å². The Labute approximate surface area is 159 Å². The van der Waals surface area contributed by atoms with Gasteiger partial charge in [-0.25, -0.2) is 5.01 Å². The lowest BCUT2D eigenvalue weighted by Crippen LogP contribution is -2.48. The molecular weight excluding hydrogens is 350 g/mol. The van der Waals surface area contributed by atoms with Gasteiger partial charge in [0.05, 0.1) is 5.71 Å².